The van der Waals surface area contributed by atoms with Gasteiger partial charge in [-0.1, -0.05) is 31.8 Å². The average molecular weight is 328 g/mol. The minimum absolute atomic E-state index is 0. The van der Waals surface area contributed by atoms with Gasteiger partial charge in [0.05, 0.1) is 11.8 Å². The lowest BCUT2D eigenvalue weighted by atomic mass is 10.2. The van der Waals surface area contributed by atoms with Crippen LogP contribution in [0.25, 0.3) is 0 Å². The summed E-state index contributed by atoms with van der Waals surface area (Å²) < 4.78 is 1.82. The normalized spacial score (nSPS) is 10.5. The molecule has 1 N–H and O–H groups in total. The SMILES string of the molecule is CCCCN(CCCC)C(=O)C[n+]1cccc(C=NO)c1.[Cl-]. The molecule has 0 fully saturated rings. The van der Waals surface area contributed by atoms with Crippen molar-refractivity contribution in [3.05, 3.63) is 30.1 Å². The van der Waals surface area contributed by atoms with Gasteiger partial charge in [0.1, 0.15) is 0 Å². The van der Waals surface area contributed by atoms with E-state index in [0.29, 0.717) is 6.54 Å². The predicted octanol–water partition coefficient (Wildman–Crippen LogP) is -0.785. The highest BCUT2D eigenvalue weighted by atomic mass is 35.5. The molecule has 0 radical (unpaired) electrons. The van der Waals surface area contributed by atoms with Crippen LogP contribution >= 0.6 is 0 Å². The van der Waals surface area contributed by atoms with E-state index in [4.69, 9.17) is 5.21 Å². The number of unbranched alkanes of at least 4 members (excludes halogenated alkanes) is 2. The first kappa shape index (κ1) is 20.4. The van der Waals surface area contributed by atoms with E-state index >= 15 is 0 Å². The van der Waals surface area contributed by atoms with Gasteiger partial charge in [0.2, 0.25) is 6.54 Å². The number of hydrogen-bond acceptors (Lipinski definition) is 3. The molecule has 0 aromatic carbocycles. The molecule has 5 nitrogen and oxygen atoms in total. The monoisotopic (exact) mass is 327 g/mol. The summed E-state index contributed by atoms with van der Waals surface area (Å²) in [4.78, 5) is 14.4. The molecule has 1 aromatic heterocycles. The van der Waals surface area contributed by atoms with Crippen molar-refractivity contribution >= 4 is 12.1 Å². The van der Waals surface area contributed by atoms with Crippen LogP contribution in [0.2, 0.25) is 0 Å². The summed E-state index contributed by atoms with van der Waals surface area (Å²) in [6.45, 7) is 6.24. The number of pyridine rings is 1. The van der Waals surface area contributed by atoms with Gasteiger partial charge in [0.25, 0.3) is 5.91 Å². The Kier molecular flexibility index (Phi) is 11.1. The highest BCUT2D eigenvalue weighted by molar-refractivity contribution is 5.78. The van der Waals surface area contributed by atoms with Gasteiger partial charge in [0.15, 0.2) is 12.4 Å². The Hall–Kier alpha value is -1.62. The molecule has 0 spiro atoms. The van der Waals surface area contributed by atoms with Gasteiger partial charge in [-0.15, -0.1) is 0 Å². The molecule has 0 aliphatic heterocycles. The number of hydrogen-bond donors (Lipinski definition) is 1. The van der Waals surface area contributed by atoms with Gasteiger partial charge in [-0.2, -0.15) is 4.57 Å². The molecule has 0 saturated heterocycles. The lowest BCUT2D eigenvalue weighted by Gasteiger charge is -2.20. The standard InChI is InChI=1S/C16H25N3O2.ClH/c1-3-5-10-19(11-6-4-2)16(20)14-18-9-7-8-15(13-18)12-17-21;/h7-9,12-13H,3-6,10-11,14H2,1-2H3;1H. The molecular formula is C16H26ClN3O2. The molecule has 0 aliphatic carbocycles. The van der Waals surface area contributed by atoms with Gasteiger partial charge in [-0.05, 0) is 18.9 Å². The van der Waals surface area contributed by atoms with E-state index in [1.54, 1.807) is 6.20 Å². The van der Waals surface area contributed by atoms with E-state index in [0.717, 1.165) is 44.3 Å². The minimum atomic E-state index is 0. The minimum Gasteiger partial charge on any atom is -1.00 e. The van der Waals surface area contributed by atoms with Crippen LogP contribution in [0.3, 0.4) is 0 Å². The third-order valence-electron chi connectivity index (χ3n) is 3.32. The number of carbonyl (C=O) groups excluding carboxylic acids is 1. The third-order valence-corrected chi connectivity index (χ3v) is 3.32. The van der Waals surface area contributed by atoms with Crippen LogP contribution in [-0.4, -0.2) is 35.3 Å². The number of carbonyl (C=O) groups is 1. The maximum Gasteiger partial charge on any atom is 0.288 e. The molecule has 0 bridgehead atoms. The van der Waals surface area contributed by atoms with E-state index in [1.165, 1.54) is 6.21 Å². The number of rotatable bonds is 9. The summed E-state index contributed by atoms with van der Waals surface area (Å²) in [6.07, 6.45) is 9.26. The van der Waals surface area contributed by atoms with Crippen LogP contribution in [0.5, 0.6) is 0 Å². The van der Waals surface area contributed by atoms with Crippen LogP contribution in [0.4, 0.5) is 0 Å². The first-order chi connectivity index (χ1) is 10.2. The van der Waals surface area contributed by atoms with E-state index < -0.39 is 0 Å². The van der Waals surface area contributed by atoms with Crippen LogP contribution < -0.4 is 17.0 Å². The molecule has 22 heavy (non-hydrogen) atoms. The Morgan fingerprint density at radius 2 is 1.95 bits per heavy atom. The Balaban J connectivity index is 0.00000441. The van der Waals surface area contributed by atoms with E-state index in [1.807, 2.05) is 27.8 Å². The molecule has 0 saturated carbocycles. The summed E-state index contributed by atoms with van der Waals surface area (Å²) in [6, 6.07) is 3.67. The topological polar surface area (TPSA) is 56.8 Å². The van der Waals surface area contributed by atoms with Crippen LogP contribution in [0.1, 0.15) is 45.1 Å². The fourth-order valence-electron chi connectivity index (χ4n) is 2.10. The second-order valence-corrected chi connectivity index (χ2v) is 5.14. The van der Waals surface area contributed by atoms with Crippen LogP contribution in [0.15, 0.2) is 29.7 Å². The second-order valence-electron chi connectivity index (χ2n) is 5.14. The third kappa shape index (κ3) is 7.41. The highest BCUT2D eigenvalue weighted by Gasteiger charge is 2.17. The van der Waals surface area contributed by atoms with Crippen LogP contribution in [0, 0.1) is 0 Å². The summed E-state index contributed by atoms with van der Waals surface area (Å²) in [5.74, 6) is 0.139. The number of nitrogens with zero attached hydrogens (tertiary/aromatic N) is 3. The summed E-state index contributed by atoms with van der Waals surface area (Å²) in [5, 5.41) is 11.6. The van der Waals surface area contributed by atoms with Crippen molar-refractivity contribution in [1.82, 2.24) is 4.90 Å². The maximum atomic E-state index is 12.4. The van der Waals surface area contributed by atoms with Crippen molar-refractivity contribution in [2.75, 3.05) is 13.1 Å². The Morgan fingerprint density at radius 1 is 1.32 bits per heavy atom. The highest BCUT2D eigenvalue weighted by Crippen LogP contribution is 2.00. The Morgan fingerprint density at radius 3 is 2.50 bits per heavy atom. The smallest absolute Gasteiger partial charge is 0.288 e. The van der Waals surface area contributed by atoms with Gasteiger partial charge < -0.3 is 22.5 Å². The molecule has 124 valence electrons. The average Bonchev–Trinajstić information content (AvgIpc) is 2.48. The predicted molar refractivity (Wildman–Crippen MR) is 82.4 cm³/mol. The summed E-state index contributed by atoms with van der Waals surface area (Å²) >= 11 is 0. The lowest BCUT2D eigenvalue weighted by Crippen LogP contribution is -3.00. The fraction of sp³-hybridized carbons (Fsp3) is 0.562. The first-order valence-electron chi connectivity index (χ1n) is 7.65. The number of aromatic nitrogens is 1. The number of amides is 1. The molecule has 1 heterocycles. The van der Waals surface area contributed by atoms with Crippen molar-refractivity contribution < 1.29 is 27.0 Å². The second kappa shape index (κ2) is 12.0. The molecule has 1 rings (SSSR count). The molecule has 0 atom stereocenters. The Labute approximate surface area is 139 Å². The van der Waals surface area contributed by atoms with Gasteiger partial charge in [-0.3, -0.25) is 4.79 Å². The quantitative estimate of drug-likeness (QED) is 0.280. The van der Waals surface area contributed by atoms with Gasteiger partial charge in [-0.25, -0.2) is 0 Å². The summed E-state index contributed by atoms with van der Waals surface area (Å²) in [7, 11) is 0. The molecule has 1 amide bonds. The molecule has 0 unspecified atom stereocenters. The van der Waals surface area contributed by atoms with Crippen molar-refractivity contribution in [2.24, 2.45) is 5.16 Å². The van der Waals surface area contributed by atoms with Crippen molar-refractivity contribution in [1.29, 1.82) is 0 Å². The lowest BCUT2D eigenvalue weighted by molar-refractivity contribution is -0.685. The van der Waals surface area contributed by atoms with Crippen LogP contribution in [-0.2, 0) is 11.3 Å². The fourth-order valence-corrected chi connectivity index (χ4v) is 2.10. The van der Waals surface area contributed by atoms with Crippen molar-refractivity contribution in [2.45, 2.75) is 46.1 Å². The zero-order valence-corrected chi connectivity index (χ0v) is 14.2. The van der Waals surface area contributed by atoms with Crippen molar-refractivity contribution in [3.8, 4) is 0 Å². The van der Waals surface area contributed by atoms with E-state index in [2.05, 4.69) is 19.0 Å². The molecular weight excluding hydrogens is 302 g/mol. The maximum absolute atomic E-state index is 12.4. The zero-order valence-electron chi connectivity index (χ0n) is 13.4. The zero-order chi connectivity index (χ0) is 15.5. The van der Waals surface area contributed by atoms with E-state index in [-0.39, 0.29) is 18.3 Å². The number of oxime groups is 1. The van der Waals surface area contributed by atoms with Gasteiger partial charge in [0, 0.05) is 19.2 Å². The Bertz CT molecular complexity index is 458. The number of halogens is 1. The van der Waals surface area contributed by atoms with E-state index in [9.17, 15) is 4.79 Å². The molecule has 0 aliphatic rings. The largest absolute Gasteiger partial charge is 1.00 e. The summed E-state index contributed by atoms with van der Waals surface area (Å²) in [5.41, 5.74) is 0.765. The van der Waals surface area contributed by atoms with Crippen molar-refractivity contribution in [3.63, 3.8) is 0 Å². The van der Waals surface area contributed by atoms with Gasteiger partial charge >= 0.3 is 0 Å². The molecule has 6 heteroatoms. The molecule has 1 aromatic rings. The first-order valence-corrected chi connectivity index (χ1v) is 7.65.